The molecule has 0 saturated carbocycles. The summed E-state index contributed by atoms with van der Waals surface area (Å²) < 4.78 is 5.01. The van der Waals surface area contributed by atoms with Gasteiger partial charge in [0.25, 0.3) is 5.91 Å². The van der Waals surface area contributed by atoms with E-state index in [0.29, 0.717) is 31.1 Å². The number of piperidine rings is 1. The molecule has 1 aromatic heterocycles. The van der Waals surface area contributed by atoms with E-state index in [2.05, 4.69) is 10.6 Å². The molecule has 2 unspecified atom stereocenters. The second kappa shape index (κ2) is 7.84. The smallest absolute Gasteiger partial charge is 0.286 e. The Kier molecular flexibility index (Phi) is 6.07. The van der Waals surface area contributed by atoms with Gasteiger partial charge in [0.2, 0.25) is 5.91 Å². The van der Waals surface area contributed by atoms with Crippen LogP contribution in [0, 0.1) is 0 Å². The summed E-state index contributed by atoms with van der Waals surface area (Å²) in [5, 5.41) is 6.29. The molecule has 0 radical (unpaired) electrons. The molecule has 3 heterocycles. The molecule has 2 aliphatic rings. The van der Waals surface area contributed by atoms with Crippen molar-refractivity contribution >= 4 is 24.2 Å². The zero-order valence-electron chi connectivity index (χ0n) is 13.3. The van der Waals surface area contributed by atoms with E-state index in [1.807, 2.05) is 11.9 Å². The number of fused-ring (bicyclic) bond motifs is 2. The van der Waals surface area contributed by atoms with Crippen LogP contribution in [0.2, 0.25) is 0 Å². The first-order valence-electron chi connectivity index (χ1n) is 7.97. The van der Waals surface area contributed by atoms with E-state index in [0.717, 1.165) is 12.8 Å². The predicted molar refractivity (Wildman–Crippen MR) is 88.6 cm³/mol. The van der Waals surface area contributed by atoms with Crippen molar-refractivity contribution < 1.29 is 14.0 Å². The maximum Gasteiger partial charge on any atom is 0.286 e. The fourth-order valence-electron chi connectivity index (χ4n) is 3.50. The number of carbonyl (C=O) groups is 2. The number of carbonyl (C=O) groups excluding carboxylic acids is 2. The molecule has 2 amide bonds. The van der Waals surface area contributed by atoms with Gasteiger partial charge in [-0.05, 0) is 37.8 Å². The van der Waals surface area contributed by atoms with E-state index in [9.17, 15) is 9.59 Å². The van der Waals surface area contributed by atoms with E-state index in [-0.39, 0.29) is 30.0 Å². The van der Waals surface area contributed by atoms with Crippen LogP contribution in [-0.2, 0) is 4.79 Å². The largest absolute Gasteiger partial charge is 0.459 e. The van der Waals surface area contributed by atoms with Crippen molar-refractivity contribution in [3.8, 4) is 0 Å². The number of rotatable bonds is 5. The number of amides is 2. The molecule has 1 aromatic rings. The molecular formula is C16H24ClN3O3. The lowest BCUT2D eigenvalue weighted by Gasteiger charge is -2.35. The average molecular weight is 342 g/mol. The molecule has 2 fully saturated rings. The molecule has 2 atom stereocenters. The van der Waals surface area contributed by atoms with Crippen LogP contribution in [0.15, 0.2) is 22.8 Å². The normalized spacial score (nSPS) is 25.5. The summed E-state index contributed by atoms with van der Waals surface area (Å²) in [7, 11) is 1.88. The predicted octanol–water partition coefficient (Wildman–Crippen LogP) is 1.56. The first kappa shape index (κ1) is 17.8. The third-order valence-corrected chi connectivity index (χ3v) is 4.76. The number of nitrogens with one attached hydrogen (secondary N) is 2. The van der Waals surface area contributed by atoms with Crippen LogP contribution in [0.5, 0.6) is 0 Å². The monoisotopic (exact) mass is 341 g/mol. The molecule has 7 heteroatoms. The quantitative estimate of drug-likeness (QED) is 0.852. The highest BCUT2D eigenvalue weighted by atomic mass is 35.5. The average Bonchev–Trinajstić information content (AvgIpc) is 3.16. The van der Waals surface area contributed by atoms with Crippen molar-refractivity contribution in [1.82, 2.24) is 15.5 Å². The van der Waals surface area contributed by atoms with Gasteiger partial charge in [-0.3, -0.25) is 9.59 Å². The summed E-state index contributed by atoms with van der Waals surface area (Å²) in [6, 6.07) is 4.73. The molecule has 3 rings (SSSR count). The molecule has 0 aromatic carbocycles. The lowest BCUT2D eigenvalue weighted by atomic mass is 9.98. The van der Waals surface area contributed by atoms with Gasteiger partial charge in [-0.15, -0.1) is 12.4 Å². The van der Waals surface area contributed by atoms with Gasteiger partial charge >= 0.3 is 0 Å². The summed E-state index contributed by atoms with van der Waals surface area (Å²) in [4.78, 5) is 25.9. The molecule has 2 bridgehead atoms. The summed E-state index contributed by atoms with van der Waals surface area (Å²) in [5.74, 6) is 0.0853. The first-order chi connectivity index (χ1) is 10.6. The number of furan rings is 1. The van der Waals surface area contributed by atoms with Crippen LogP contribution in [0.1, 0.15) is 42.7 Å². The third-order valence-electron chi connectivity index (χ3n) is 4.76. The molecule has 2 saturated heterocycles. The Balaban J connectivity index is 0.00000192. The van der Waals surface area contributed by atoms with Crippen LogP contribution in [0.4, 0.5) is 0 Å². The van der Waals surface area contributed by atoms with Crippen LogP contribution in [0.25, 0.3) is 0 Å². The van der Waals surface area contributed by atoms with Gasteiger partial charge in [-0.25, -0.2) is 0 Å². The molecule has 2 aliphatic heterocycles. The van der Waals surface area contributed by atoms with Gasteiger partial charge in [0.05, 0.1) is 6.26 Å². The summed E-state index contributed by atoms with van der Waals surface area (Å²) in [6.07, 6.45) is 6.31. The maximum absolute atomic E-state index is 12.3. The van der Waals surface area contributed by atoms with Crippen molar-refractivity contribution in [3.63, 3.8) is 0 Å². The summed E-state index contributed by atoms with van der Waals surface area (Å²) in [5.41, 5.74) is 0. The van der Waals surface area contributed by atoms with Crippen LogP contribution in [-0.4, -0.2) is 48.4 Å². The van der Waals surface area contributed by atoms with E-state index in [1.165, 1.54) is 19.1 Å². The van der Waals surface area contributed by atoms with E-state index in [4.69, 9.17) is 4.42 Å². The SMILES string of the molecule is CN(C(=O)CCNC(=O)c1ccco1)C1CC2CCC(C1)N2.Cl. The summed E-state index contributed by atoms with van der Waals surface area (Å²) >= 11 is 0. The fraction of sp³-hybridized carbons (Fsp3) is 0.625. The topological polar surface area (TPSA) is 74.6 Å². The molecule has 23 heavy (non-hydrogen) atoms. The second-order valence-electron chi connectivity index (χ2n) is 6.25. The van der Waals surface area contributed by atoms with E-state index >= 15 is 0 Å². The van der Waals surface area contributed by atoms with Crippen molar-refractivity contribution in [3.05, 3.63) is 24.2 Å². The Bertz CT molecular complexity index is 523. The molecule has 0 aliphatic carbocycles. The lowest BCUT2D eigenvalue weighted by Crippen LogP contribution is -2.49. The molecule has 6 nitrogen and oxygen atoms in total. The zero-order valence-corrected chi connectivity index (χ0v) is 14.1. The van der Waals surface area contributed by atoms with Crippen molar-refractivity contribution in [2.24, 2.45) is 0 Å². The van der Waals surface area contributed by atoms with Gasteiger partial charge in [0.1, 0.15) is 0 Å². The number of hydrogen-bond acceptors (Lipinski definition) is 4. The highest BCUT2D eigenvalue weighted by Gasteiger charge is 2.36. The number of hydrogen-bond donors (Lipinski definition) is 2. The molecule has 2 N–H and O–H groups in total. The second-order valence-corrected chi connectivity index (χ2v) is 6.25. The molecule has 128 valence electrons. The van der Waals surface area contributed by atoms with E-state index < -0.39 is 0 Å². The minimum Gasteiger partial charge on any atom is -0.459 e. The maximum atomic E-state index is 12.3. The Morgan fingerprint density at radius 2 is 2.04 bits per heavy atom. The van der Waals surface area contributed by atoms with E-state index in [1.54, 1.807) is 12.1 Å². The Hall–Kier alpha value is -1.53. The van der Waals surface area contributed by atoms with Gasteiger partial charge in [-0.2, -0.15) is 0 Å². The van der Waals surface area contributed by atoms with Crippen LogP contribution >= 0.6 is 12.4 Å². The first-order valence-corrected chi connectivity index (χ1v) is 7.97. The Labute approximate surface area is 142 Å². The minimum atomic E-state index is -0.277. The highest BCUT2D eigenvalue weighted by Crippen LogP contribution is 2.29. The van der Waals surface area contributed by atoms with Gasteiger partial charge in [-0.1, -0.05) is 0 Å². The Morgan fingerprint density at radius 1 is 1.35 bits per heavy atom. The van der Waals surface area contributed by atoms with Crippen molar-refractivity contribution in [2.45, 2.75) is 50.2 Å². The van der Waals surface area contributed by atoms with Crippen molar-refractivity contribution in [2.75, 3.05) is 13.6 Å². The molecule has 0 spiro atoms. The lowest BCUT2D eigenvalue weighted by molar-refractivity contribution is -0.132. The Morgan fingerprint density at radius 3 is 2.65 bits per heavy atom. The molecular weight excluding hydrogens is 318 g/mol. The highest BCUT2D eigenvalue weighted by molar-refractivity contribution is 5.91. The fourth-order valence-corrected chi connectivity index (χ4v) is 3.50. The standard InChI is InChI=1S/C16H23N3O3.ClH/c1-19(13-9-11-4-5-12(10-13)18-11)15(20)6-7-17-16(21)14-3-2-8-22-14;/h2-3,8,11-13,18H,4-7,9-10H2,1H3,(H,17,21);1H. The van der Waals surface area contributed by atoms with Crippen LogP contribution < -0.4 is 10.6 Å². The summed E-state index contributed by atoms with van der Waals surface area (Å²) in [6.45, 7) is 0.334. The zero-order chi connectivity index (χ0) is 15.5. The third kappa shape index (κ3) is 4.26. The van der Waals surface area contributed by atoms with Gasteiger partial charge in [0, 0.05) is 38.1 Å². The van der Waals surface area contributed by atoms with Gasteiger partial charge < -0.3 is 20.0 Å². The number of nitrogens with zero attached hydrogens (tertiary/aromatic N) is 1. The van der Waals surface area contributed by atoms with Gasteiger partial charge in [0.15, 0.2) is 5.76 Å². The number of halogens is 1. The van der Waals surface area contributed by atoms with Crippen LogP contribution in [0.3, 0.4) is 0 Å². The van der Waals surface area contributed by atoms with Crippen molar-refractivity contribution in [1.29, 1.82) is 0 Å². The minimum absolute atomic E-state index is 0.